The molecule has 90 valence electrons. The van der Waals surface area contributed by atoms with Crippen LogP contribution in [0.1, 0.15) is 20.8 Å². The van der Waals surface area contributed by atoms with Crippen LogP contribution in [0.4, 0.5) is 0 Å². The zero-order valence-corrected chi connectivity index (χ0v) is 11.1. The summed E-state index contributed by atoms with van der Waals surface area (Å²) in [7, 11) is -3.36. The van der Waals surface area contributed by atoms with Crippen molar-refractivity contribution in [2.75, 3.05) is 19.5 Å². The van der Waals surface area contributed by atoms with E-state index in [1.165, 1.54) is 6.92 Å². The molecule has 7 heteroatoms. The number of hydrogen-bond donors (Lipinski definition) is 0. The first-order chi connectivity index (χ1) is 7.00. The van der Waals surface area contributed by atoms with Crippen molar-refractivity contribution in [2.24, 2.45) is 0 Å². The number of thioether (sulfide) groups is 1. The van der Waals surface area contributed by atoms with Gasteiger partial charge in [-0.1, -0.05) is 0 Å². The summed E-state index contributed by atoms with van der Waals surface area (Å²) in [5.41, 5.74) is 0. The second kappa shape index (κ2) is 7.28. The number of rotatable bonds is 7. The lowest BCUT2D eigenvalue weighted by Crippen LogP contribution is -2.16. The molecule has 0 radical (unpaired) electrons. The first-order valence-corrected chi connectivity index (χ1v) is 7.49. The van der Waals surface area contributed by atoms with Crippen molar-refractivity contribution in [3.05, 3.63) is 0 Å². The topological polar surface area (TPSA) is 61.8 Å². The van der Waals surface area contributed by atoms with Gasteiger partial charge in [0.25, 0.3) is 0 Å². The Morgan fingerprint density at radius 3 is 2.07 bits per heavy atom. The highest BCUT2D eigenvalue weighted by molar-refractivity contribution is 8.04. The minimum absolute atomic E-state index is 0.246. The number of hydrogen-bond acceptors (Lipinski definition) is 6. The van der Waals surface area contributed by atoms with Crippen LogP contribution in [-0.4, -0.2) is 30.6 Å². The Hall–Kier alpha value is -0.0300. The molecule has 0 aromatic heterocycles. The molecule has 1 unspecified atom stereocenters. The predicted octanol–water partition coefficient (Wildman–Crippen LogP) is 2.46. The Morgan fingerprint density at radius 2 is 1.80 bits per heavy atom. The summed E-state index contributed by atoms with van der Waals surface area (Å²) in [6, 6.07) is 0. The van der Waals surface area contributed by atoms with Gasteiger partial charge in [-0.3, -0.25) is 9.36 Å². The molecule has 0 saturated carbocycles. The molecule has 0 aromatic rings. The van der Waals surface area contributed by atoms with Crippen LogP contribution in [0.15, 0.2) is 0 Å². The maximum absolute atomic E-state index is 12.1. The van der Waals surface area contributed by atoms with Crippen molar-refractivity contribution < 1.29 is 23.1 Å². The molecule has 0 aromatic carbocycles. The van der Waals surface area contributed by atoms with Crippen LogP contribution in [0.3, 0.4) is 0 Å². The Kier molecular flexibility index (Phi) is 7.26. The van der Waals surface area contributed by atoms with Crippen molar-refractivity contribution in [2.45, 2.75) is 25.9 Å². The van der Waals surface area contributed by atoms with Crippen molar-refractivity contribution in [1.29, 1.82) is 0 Å². The quantitative estimate of drug-likeness (QED) is 0.396. The fourth-order valence-corrected chi connectivity index (χ4v) is 3.85. The van der Waals surface area contributed by atoms with Gasteiger partial charge in [0, 0.05) is 6.92 Å². The van der Waals surface area contributed by atoms with Crippen molar-refractivity contribution >= 4 is 25.3 Å². The second-order valence-electron chi connectivity index (χ2n) is 2.53. The van der Waals surface area contributed by atoms with Crippen molar-refractivity contribution in [1.82, 2.24) is 0 Å². The molecule has 0 aliphatic rings. The summed E-state index contributed by atoms with van der Waals surface area (Å²) in [6.45, 7) is 5.16. The average Bonchev–Trinajstić information content (AvgIpc) is 2.14. The number of carbonyl (C=O) groups excluding carboxylic acids is 1. The van der Waals surface area contributed by atoms with Crippen LogP contribution >= 0.6 is 19.4 Å². The van der Waals surface area contributed by atoms with Crippen LogP contribution in [0.5, 0.6) is 0 Å². The van der Waals surface area contributed by atoms with Crippen molar-refractivity contribution in [3.8, 4) is 0 Å². The lowest BCUT2D eigenvalue weighted by molar-refractivity contribution is -0.140. The highest BCUT2D eigenvalue weighted by Crippen LogP contribution is 2.56. The normalized spacial score (nSPS) is 13.6. The molecule has 0 saturated heterocycles. The monoisotopic (exact) mass is 256 g/mol. The fraction of sp³-hybridized carbons (Fsp3) is 0.875. The third-order valence-electron chi connectivity index (χ3n) is 1.34. The molecule has 15 heavy (non-hydrogen) atoms. The summed E-state index contributed by atoms with van der Waals surface area (Å²) in [4.78, 5) is 10.8. The van der Waals surface area contributed by atoms with Gasteiger partial charge in [0.2, 0.25) is 5.18 Å². The second-order valence-corrected chi connectivity index (χ2v) is 5.84. The van der Waals surface area contributed by atoms with Gasteiger partial charge in [-0.05, 0) is 20.1 Å². The summed E-state index contributed by atoms with van der Waals surface area (Å²) in [5.74, 6) is -0.506. The van der Waals surface area contributed by atoms with Gasteiger partial charge in [-0.25, -0.2) is 0 Å². The number of ether oxygens (including phenoxy) is 1. The highest BCUT2D eigenvalue weighted by Gasteiger charge is 2.37. The molecule has 0 bridgehead atoms. The Balaban J connectivity index is 4.68. The third kappa shape index (κ3) is 5.02. The lowest BCUT2D eigenvalue weighted by atomic mass is 10.8. The van der Waals surface area contributed by atoms with E-state index in [0.717, 1.165) is 11.8 Å². The lowest BCUT2D eigenvalue weighted by Gasteiger charge is -2.23. The molecule has 0 rings (SSSR count). The smallest absolute Gasteiger partial charge is 0.381 e. The zero-order valence-electron chi connectivity index (χ0n) is 9.39. The molecule has 0 heterocycles. The van der Waals surface area contributed by atoms with Crippen LogP contribution < -0.4 is 0 Å². The van der Waals surface area contributed by atoms with Gasteiger partial charge in [-0.2, -0.15) is 0 Å². The van der Waals surface area contributed by atoms with Crippen LogP contribution in [0.25, 0.3) is 0 Å². The van der Waals surface area contributed by atoms with Gasteiger partial charge in [0.15, 0.2) is 0 Å². The van der Waals surface area contributed by atoms with E-state index < -0.39 is 18.7 Å². The van der Waals surface area contributed by atoms with E-state index in [-0.39, 0.29) is 13.2 Å². The van der Waals surface area contributed by atoms with Gasteiger partial charge in [0.05, 0.1) is 13.2 Å². The molecule has 0 aliphatic heterocycles. The summed E-state index contributed by atoms with van der Waals surface area (Å²) < 4.78 is 27.1. The van der Waals surface area contributed by atoms with E-state index in [9.17, 15) is 9.36 Å². The molecule has 0 aliphatic carbocycles. The summed E-state index contributed by atoms with van der Waals surface area (Å²) in [6.07, 6.45) is 1.68. The maximum Gasteiger partial charge on any atom is 0.381 e. The van der Waals surface area contributed by atoms with E-state index in [2.05, 4.69) is 0 Å². The van der Waals surface area contributed by atoms with E-state index in [1.54, 1.807) is 20.1 Å². The standard InChI is InChI=1S/C8H17O5PS/c1-5-11-14(10,12-6-2)8(15-4)13-7(3)9/h8H,5-6H2,1-4H3. The predicted molar refractivity (Wildman–Crippen MR) is 59.9 cm³/mol. The van der Waals surface area contributed by atoms with Gasteiger partial charge < -0.3 is 13.8 Å². The Labute approximate surface area is 94.4 Å². The van der Waals surface area contributed by atoms with Crippen LogP contribution in [0, 0.1) is 0 Å². The number of esters is 1. The van der Waals surface area contributed by atoms with Gasteiger partial charge in [-0.15, -0.1) is 11.8 Å². The molecule has 1 atom stereocenters. The minimum Gasteiger partial charge on any atom is -0.438 e. The van der Waals surface area contributed by atoms with E-state index in [0.29, 0.717) is 0 Å². The third-order valence-corrected chi connectivity index (χ3v) is 5.11. The molecule has 0 spiro atoms. The molecule has 0 N–H and O–H groups in total. The van der Waals surface area contributed by atoms with E-state index >= 15 is 0 Å². The van der Waals surface area contributed by atoms with E-state index in [1.807, 2.05) is 0 Å². The van der Waals surface area contributed by atoms with E-state index in [4.69, 9.17) is 13.8 Å². The molecule has 0 amide bonds. The molecular formula is C8H17O5PS. The largest absolute Gasteiger partial charge is 0.438 e. The van der Waals surface area contributed by atoms with Crippen molar-refractivity contribution in [3.63, 3.8) is 0 Å². The molecule has 5 nitrogen and oxygen atoms in total. The first kappa shape index (κ1) is 15.0. The average molecular weight is 256 g/mol. The first-order valence-electron chi connectivity index (χ1n) is 4.59. The SMILES string of the molecule is CCOP(=O)(OCC)C(OC(C)=O)SC. The maximum atomic E-state index is 12.1. The summed E-state index contributed by atoms with van der Waals surface area (Å²) in [5, 5.41) is -0.894. The Bertz CT molecular complexity index is 235. The Morgan fingerprint density at radius 1 is 1.33 bits per heavy atom. The van der Waals surface area contributed by atoms with Gasteiger partial charge in [0.1, 0.15) is 0 Å². The minimum atomic E-state index is -3.36. The van der Waals surface area contributed by atoms with Gasteiger partial charge >= 0.3 is 13.6 Å². The van der Waals surface area contributed by atoms with Crippen LogP contribution in [0.2, 0.25) is 0 Å². The number of carbonyl (C=O) groups is 1. The molecular weight excluding hydrogens is 239 g/mol. The molecule has 0 fully saturated rings. The zero-order chi connectivity index (χ0) is 11.9. The summed E-state index contributed by atoms with van der Waals surface area (Å²) >= 11 is 1.13. The van der Waals surface area contributed by atoms with Crippen LogP contribution in [-0.2, 0) is 23.1 Å². The highest BCUT2D eigenvalue weighted by atomic mass is 32.2. The fourth-order valence-electron chi connectivity index (χ4n) is 0.903.